The van der Waals surface area contributed by atoms with Gasteiger partial charge in [0.15, 0.2) is 0 Å². The summed E-state index contributed by atoms with van der Waals surface area (Å²) in [6.45, 7) is 6.90. The van der Waals surface area contributed by atoms with Crippen molar-refractivity contribution in [1.82, 2.24) is 0 Å². The van der Waals surface area contributed by atoms with E-state index in [4.69, 9.17) is 14.2 Å². The van der Waals surface area contributed by atoms with Gasteiger partial charge in [0.25, 0.3) is 0 Å². The zero-order valence-corrected chi connectivity index (χ0v) is 17.1. The molecule has 6 unspecified atom stereocenters. The van der Waals surface area contributed by atoms with Gasteiger partial charge in [-0.15, -0.1) is 0 Å². The number of epoxide rings is 1. The van der Waals surface area contributed by atoms with Gasteiger partial charge in [-0.3, -0.25) is 4.79 Å². The lowest BCUT2D eigenvalue weighted by Crippen LogP contribution is -2.59. The fourth-order valence-electron chi connectivity index (χ4n) is 4.16. The maximum Gasteiger partial charge on any atom is 0.302 e. The van der Waals surface area contributed by atoms with Crippen molar-refractivity contribution in [3.63, 3.8) is 0 Å². The Labute approximate surface area is 166 Å². The summed E-state index contributed by atoms with van der Waals surface area (Å²) < 4.78 is 17.3. The van der Waals surface area contributed by atoms with E-state index in [2.05, 4.69) is 0 Å². The van der Waals surface area contributed by atoms with Gasteiger partial charge in [0.2, 0.25) is 0 Å². The molecule has 2 heterocycles. The van der Waals surface area contributed by atoms with E-state index in [1.165, 1.54) is 6.92 Å². The van der Waals surface area contributed by atoms with Crippen LogP contribution in [0.3, 0.4) is 0 Å². The van der Waals surface area contributed by atoms with Crippen LogP contribution < -0.4 is 0 Å². The second-order valence-corrected chi connectivity index (χ2v) is 8.56. The third kappa shape index (κ3) is 3.91. The van der Waals surface area contributed by atoms with Gasteiger partial charge < -0.3 is 29.5 Å². The number of hydrogen-bond acceptors (Lipinski definition) is 7. The highest BCUT2D eigenvalue weighted by molar-refractivity contribution is 5.66. The number of aliphatic hydroxyl groups is 3. The van der Waals surface area contributed by atoms with Crippen LogP contribution in [0.5, 0.6) is 0 Å². The van der Waals surface area contributed by atoms with Crippen LogP contribution in [-0.2, 0) is 19.0 Å². The molecule has 7 nitrogen and oxygen atoms in total. The average molecular weight is 396 g/mol. The van der Waals surface area contributed by atoms with E-state index < -0.39 is 41.6 Å². The normalized spacial score (nSPS) is 37.4. The number of carbonyl (C=O) groups excluding carboxylic acids is 1. The van der Waals surface area contributed by atoms with Crippen LogP contribution in [0.25, 0.3) is 0 Å². The molecular weight excluding hydrogens is 364 g/mol. The lowest BCUT2D eigenvalue weighted by molar-refractivity contribution is -0.191. The Kier molecular flexibility index (Phi) is 6.04. The standard InChI is InChI=1S/C21H32O7/c1-5-13(23)8-6-7-9-14-15(11-26-12(2)22)18-21(19(28-21)17(14)25)10-16(24)20(3,4)27-18/h7,9,13,16-19,23-25H,5-6,8,10-11H2,1-4H3. The molecule has 0 bridgehead atoms. The SMILES string of the molecule is CCC(O)CCC=CC1=C(COC(C)=O)C2OC(C)(C)C(O)CC23OC3C1O. The quantitative estimate of drug-likeness (QED) is 0.441. The topological polar surface area (TPSA) is 109 Å². The van der Waals surface area contributed by atoms with Crippen LogP contribution in [-0.4, -0.2) is 69.6 Å². The van der Waals surface area contributed by atoms with Crippen molar-refractivity contribution in [2.75, 3.05) is 6.61 Å². The zero-order valence-electron chi connectivity index (χ0n) is 17.1. The minimum absolute atomic E-state index is 0.00166. The highest BCUT2D eigenvalue weighted by Gasteiger charge is 2.72. The third-order valence-corrected chi connectivity index (χ3v) is 6.11. The van der Waals surface area contributed by atoms with Crippen LogP contribution >= 0.6 is 0 Å². The first-order valence-corrected chi connectivity index (χ1v) is 10.0. The summed E-state index contributed by atoms with van der Waals surface area (Å²) in [5, 5.41) is 31.0. The van der Waals surface area contributed by atoms with E-state index in [0.29, 0.717) is 36.8 Å². The lowest BCUT2D eigenvalue weighted by atomic mass is 9.72. The van der Waals surface area contributed by atoms with Crippen molar-refractivity contribution in [2.24, 2.45) is 0 Å². The molecule has 1 aliphatic carbocycles. The highest BCUT2D eigenvalue weighted by Crippen LogP contribution is 2.58. The number of ether oxygens (including phenoxy) is 3. The molecule has 0 aromatic carbocycles. The molecule has 1 spiro atoms. The smallest absolute Gasteiger partial charge is 0.302 e. The molecule has 0 aromatic rings. The summed E-state index contributed by atoms with van der Waals surface area (Å²) >= 11 is 0. The Balaban J connectivity index is 1.89. The zero-order chi connectivity index (χ0) is 20.7. The predicted octanol–water partition coefficient (Wildman–Crippen LogP) is 1.39. The molecule has 0 saturated carbocycles. The Morgan fingerprint density at radius 3 is 2.71 bits per heavy atom. The van der Waals surface area contributed by atoms with E-state index in [1.807, 2.05) is 32.9 Å². The van der Waals surface area contributed by atoms with E-state index >= 15 is 0 Å². The van der Waals surface area contributed by atoms with E-state index in [9.17, 15) is 20.1 Å². The molecule has 0 aromatic heterocycles. The molecule has 28 heavy (non-hydrogen) atoms. The maximum atomic E-state index is 11.4. The van der Waals surface area contributed by atoms with Crippen LogP contribution in [0.4, 0.5) is 0 Å². The fourth-order valence-corrected chi connectivity index (χ4v) is 4.16. The second-order valence-electron chi connectivity index (χ2n) is 8.56. The number of esters is 1. The van der Waals surface area contributed by atoms with Crippen LogP contribution in [0.2, 0.25) is 0 Å². The molecular formula is C21H32O7. The largest absolute Gasteiger partial charge is 0.461 e. The van der Waals surface area contributed by atoms with Crippen LogP contribution in [0.15, 0.2) is 23.3 Å². The summed E-state index contributed by atoms with van der Waals surface area (Å²) in [5.74, 6) is -0.417. The number of hydrogen-bond donors (Lipinski definition) is 3. The van der Waals surface area contributed by atoms with Gasteiger partial charge in [0, 0.05) is 18.9 Å². The number of carbonyl (C=O) groups is 1. The summed E-state index contributed by atoms with van der Waals surface area (Å²) in [7, 11) is 0. The molecule has 0 amide bonds. The molecule has 2 fully saturated rings. The van der Waals surface area contributed by atoms with Gasteiger partial charge in [0.1, 0.15) is 30.5 Å². The van der Waals surface area contributed by atoms with Crippen molar-refractivity contribution >= 4 is 5.97 Å². The molecule has 2 saturated heterocycles. The van der Waals surface area contributed by atoms with E-state index in [1.54, 1.807) is 0 Å². The Morgan fingerprint density at radius 2 is 2.07 bits per heavy atom. The van der Waals surface area contributed by atoms with Crippen molar-refractivity contribution in [1.29, 1.82) is 0 Å². The van der Waals surface area contributed by atoms with E-state index in [-0.39, 0.29) is 12.7 Å². The van der Waals surface area contributed by atoms with Crippen molar-refractivity contribution in [3.05, 3.63) is 23.3 Å². The average Bonchev–Trinajstić information content (AvgIpc) is 3.34. The fraction of sp³-hybridized carbons (Fsp3) is 0.762. The summed E-state index contributed by atoms with van der Waals surface area (Å²) in [6.07, 6.45) is 3.18. The van der Waals surface area contributed by atoms with Gasteiger partial charge >= 0.3 is 5.97 Å². The molecule has 6 atom stereocenters. The number of allylic oxidation sites excluding steroid dienone is 1. The first-order chi connectivity index (χ1) is 13.1. The highest BCUT2D eigenvalue weighted by atomic mass is 16.7. The van der Waals surface area contributed by atoms with Gasteiger partial charge in [-0.05, 0) is 38.7 Å². The van der Waals surface area contributed by atoms with Gasteiger partial charge in [-0.1, -0.05) is 19.1 Å². The molecule has 3 N–H and O–H groups in total. The molecule has 3 rings (SSSR count). The minimum atomic E-state index is -0.883. The first kappa shape index (κ1) is 21.5. The first-order valence-electron chi connectivity index (χ1n) is 10.0. The van der Waals surface area contributed by atoms with Crippen LogP contribution in [0.1, 0.15) is 53.4 Å². The van der Waals surface area contributed by atoms with Gasteiger partial charge in [-0.2, -0.15) is 0 Å². The summed E-state index contributed by atoms with van der Waals surface area (Å²) in [6, 6.07) is 0. The maximum absolute atomic E-state index is 11.4. The van der Waals surface area contributed by atoms with Gasteiger partial charge in [-0.25, -0.2) is 0 Å². The predicted molar refractivity (Wildman–Crippen MR) is 102 cm³/mol. The summed E-state index contributed by atoms with van der Waals surface area (Å²) in [5.41, 5.74) is -0.262. The summed E-state index contributed by atoms with van der Waals surface area (Å²) in [4.78, 5) is 11.4. The van der Waals surface area contributed by atoms with E-state index in [0.717, 1.165) is 0 Å². The molecule has 2 aliphatic heterocycles. The lowest BCUT2D eigenvalue weighted by Gasteiger charge is -2.46. The second kappa shape index (κ2) is 7.88. The third-order valence-electron chi connectivity index (χ3n) is 6.11. The van der Waals surface area contributed by atoms with Crippen molar-refractivity contribution in [3.8, 4) is 0 Å². The Hall–Kier alpha value is -1.25. The van der Waals surface area contributed by atoms with Crippen molar-refractivity contribution < 1.29 is 34.3 Å². The molecule has 0 radical (unpaired) electrons. The van der Waals surface area contributed by atoms with Crippen molar-refractivity contribution in [2.45, 2.75) is 95.1 Å². The Morgan fingerprint density at radius 1 is 1.36 bits per heavy atom. The van der Waals surface area contributed by atoms with Crippen LogP contribution in [0, 0.1) is 0 Å². The minimum Gasteiger partial charge on any atom is -0.461 e. The van der Waals surface area contributed by atoms with Gasteiger partial charge in [0.05, 0.1) is 17.8 Å². The molecule has 3 aliphatic rings. The monoisotopic (exact) mass is 396 g/mol. The number of aliphatic hydroxyl groups excluding tert-OH is 3. The Bertz CT molecular complexity index is 668. The number of rotatable bonds is 7. The molecule has 7 heteroatoms. The molecule has 158 valence electrons.